The molecule has 0 saturated heterocycles. The molecule has 0 aromatic rings. The monoisotopic (exact) mass is 191 g/mol. The SMILES string of the molecule is C/C=C(/C#C/C=C/CC)CCCNC. The quantitative estimate of drug-likeness (QED) is 0.520. The third-order valence-electron chi connectivity index (χ3n) is 1.89. The van der Waals surface area contributed by atoms with Crippen LogP contribution in [0.25, 0.3) is 0 Å². The summed E-state index contributed by atoms with van der Waals surface area (Å²) in [5.41, 5.74) is 1.24. The fourth-order valence-corrected chi connectivity index (χ4v) is 1.05. The van der Waals surface area contributed by atoms with Gasteiger partial charge in [0.05, 0.1) is 0 Å². The molecule has 0 saturated carbocycles. The molecule has 78 valence electrons. The first-order valence-corrected chi connectivity index (χ1v) is 5.31. The molecule has 1 heteroatoms. The molecule has 0 aliphatic heterocycles. The van der Waals surface area contributed by atoms with Crippen LogP contribution in [0.5, 0.6) is 0 Å². The lowest BCUT2D eigenvalue weighted by atomic mass is 10.1. The van der Waals surface area contributed by atoms with Crippen LogP contribution in [0.3, 0.4) is 0 Å². The largest absolute Gasteiger partial charge is 0.320 e. The van der Waals surface area contributed by atoms with Gasteiger partial charge in [0.15, 0.2) is 0 Å². The second kappa shape index (κ2) is 10.1. The zero-order valence-electron chi connectivity index (χ0n) is 9.56. The maximum absolute atomic E-state index is 3.16. The Labute approximate surface area is 88.3 Å². The molecule has 14 heavy (non-hydrogen) atoms. The number of hydrogen-bond donors (Lipinski definition) is 1. The van der Waals surface area contributed by atoms with Crippen LogP contribution in [-0.4, -0.2) is 13.6 Å². The van der Waals surface area contributed by atoms with Crippen LogP contribution in [0.1, 0.15) is 33.1 Å². The van der Waals surface area contributed by atoms with Crippen LogP contribution in [0.4, 0.5) is 0 Å². The summed E-state index contributed by atoms with van der Waals surface area (Å²) >= 11 is 0. The van der Waals surface area contributed by atoms with Crippen molar-refractivity contribution in [1.82, 2.24) is 5.32 Å². The van der Waals surface area contributed by atoms with Crippen LogP contribution < -0.4 is 5.32 Å². The molecule has 0 radical (unpaired) electrons. The molecule has 0 amide bonds. The fraction of sp³-hybridized carbons (Fsp3) is 0.538. The summed E-state index contributed by atoms with van der Waals surface area (Å²) in [4.78, 5) is 0. The van der Waals surface area contributed by atoms with Gasteiger partial charge in [-0.3, -0.25) is 0 Å². The molecule has 0 rings (SSSR count). The average Bonchev–Trinajstić information content (AvgIpc) is 2.22. The van der Waals surface area contributed by atoms with Crippen LogP contribution in [0, 0.1) is 11.8 Å². The van der Waals surface area contributed by atoms with Gasteiger partial charge >= 0.3 is 0 Å². The lowest BCUT2D eigenvalue weighted by molar-refractivity contribution is 0.727. The summed E-state index contributed by atoms with van der Waals surface area (Å²) in [5.74, 6) is 6.20. The summed E-state index contributed by atoms with van der Waals surface area (Å²) in [7, 11) is 1.98. The minimum Gasteiger partial charge on any atom is -0.320 e. The van der Waals surface area contributed by atoms with E-state index < -0.39 is 0 Å². The Morgan fingerprint density at radius 1 is 1.43 bits per heavy atom. The van der Waals surface area contributed by atoms with Gasteiger partial charge in [-0.1, -0.05) is 30.9 Å². The van der Waals surface area contributed by atoms with Crippen molar-refractivity contribution >= 4 is 0 Å². The first kappa shape index (κ1) is 13.0. The van der Waals surface area contributed by atoms with Crippen molar-refractivity contribution in [2.45, 2.75) is 33.1 Å². The van der Waals surface area contributed by atoms with E-state index in [4.69, 9.17) is 0 Å². The highest BCUT2D eigenvalue weighted by molar-refractivity contribution is 5.32. The van der Waals surface area contributed by atoms with Crippen LogP contribution in [-0.2, 0) is 0 Å². The van der Waals surface area contributed by atoms with E-state index in [1.165, 1.54) is 5.57 Å². The van der Waals surface area contributed by atoms with E-state index in [0.29, 0.717) is 0 Å². The van der Waals surface area contributed by atoms with E-state index in [2.05, 4.69) is 36.2 Å². The Hall–Kier alpha value is -1.00. The van der Waals surface area contributed by atoms with Gasteiger partial charge in [0.1, 0.15) is 0 Å². The van der Waals surface area contributed by atoms with Crippen LogP contribution in [0.15, 0.2) is 23.8 Å². The molecule has 0 heterocycles. The Morgan fingerprint density at radius 2 is 2.21 bits per heavy atom. The van der Waals surface area contributed by atoms with Crippen LogP contribution in [0.2, 0.25) is 0 Å². The molecule has 0 aliphatic rings. The molecule has 0 fully saturated rings. The smallest absolute Gasteiger partial charge is 0.00183 e. The summed E-state index contributed by atoms with van der Waals surface area (Å²) in [5, 5.41) is 3.13. The molecule has 1 N–H and O–H groups in total. The van der Waals surface area contributed by atoms with Gasteiger partial charge in [0.25, 0.3) is 0 Å². The Kier molecular flexibility index (Phi) is 9.36. The zero-order chi connectivity index (χ0) is 10.6. The zero-order valence-corrected chi connectivity index (χ0v) is 9.56. The fourth-order valence-electron chi connectivity index (χ4n) is 1.05. The Morgan fingerprint density at radius 3 is 2.79 bits per heavy atom. The van der Waals surface area contributed by atoms with E-state index in [1.807, 2.05) is 20.0 Å². The third kappa shape index (κ3) is 7.64. The second-order valence-corrected chi connectivity index (χ2v) is 3.10. The maximum Gasteiger partial charge on any atom is -0.00183 e. The van der Waals surface area contributed by atoms with Crippen molar-refractivity contribution in [3.63, 3.8) is 0 Å². The number of hydrogen-bond acceptors (Lipinski definition) is 1. The number of rotatable bonds is 5. The van der Waals surface area contributed by atoms with Crippen molar-refractivity contribution in [2.75, 3.05) is 13.6 Å². The lowest BCUT2D eigenvalue weighted by Crippen LogP contribution is -2.07. The third-order valence-corrected chi connectivity index (χ3v) is 1.89. The highest BCUT2D eigenvalue weighted by Gasteiger charge is 1.90. The molecule has 0 bridgehead atoms. The van der Waals surface area contributed by atoms with E-state index in [-0.39, 0.29) is 0 Å². The minimum atomic E-state index is 1.06. The van der Waals surface area contributed by atoms with E-state index >= 15 is 0 Å². The highest BCUT2D eigenvalue weighted by atomic mass is 14.8. The Bertz CT molecular complexity index is 238. The highest BCUT2D eigenvalue weighted by Crippen LogP contribution is 2.02. The van der Waals surface area contributed by atoms with Crippen LogP contribution >= 0.6 is 0 Å². The van der Waals surface area contributed by atoms with Gasteiger partial charge in [-0.15, -0.1) is 0 Å². The second-order valence-electron chi connectivity index (χ2n) is 3.10. The minimum absolute atomic E-state index is 1.06. The molecule has 0 atom stereocenters. The van der Waals surface area contributed by atoms with Crippen molar-refractivity contribution in [3.8, 4) is 11.8 Å². The van der Waals surface area contributed by atoms with E-state index in [1.54, 1.807) is 0 Å². The van der Waals surface area contributed by atoms with Crippen molar-refractivity contribution < 1.29 is 0 Å². The predicted molar refractivity (Wildman–Crippen MR) is 64.1 cm³/mol. The Balaban J connectivity index is 3.89. The van der Waals surface area contributed by atoms with Crippen molar-refractivity contribution in [2.24, 2.45) is 0 Å². The number of nitrogens with one attached hydrogen (secondary N) is 1. The number of allylic oxidation sites excluding steroid dienone is 4. The molecular weight excluding hydrogens is 170 g/mol. The topological polar surface area (TPSA) is 12.0 Å². The standard InChI is InChI=1S/C13H21N/c1-4-6-7-8-10-13(5-2)11-9-12-14-3/h5-7,14H,4,9,11-12H2,1-3H3/b7-6+,13-5-. The van der Waals surface area contributed by atoms with Gasteiger partial charge in [0, 0.05) is 0 Å². The molecule has 0 spiro atoms. The van der Waals surface area contributed by atoms with Gasteiger partial charge in [-0.05, 0) is 51.4 Å². The van der Waals surface area contributed by atoms with Gasteiger partial charge in [0.2, 0.25) is 0 Å². The molecule has 0 aromatic carbocycles. The van der Waals surface area contributed by atoms with Gasteiger partial charge < -0.3 is 5.32 Å². The molecular formula is C13H21N. The van der Waals surface area contributed by atoms with Gasteiger partial charge in [-0.2, -0.15) is 0 Å². The van der Waals surface area contributed by atoms with E-state index in [9.17, 15) is 0 Å². The van der Waals surface area contributed by atoms with Crippen molar-refractivity contribution in [3.05, 3.63) is 23.8 Å². The first-order chi connectivity index (χ1) is 6.85. The molecule has 1 nitrogen and oxygen atoms in total. The lowest BCUT2D eigenvalue weighted by Gasteiger charge is -1.98. The normalized spacial score (nSPS) is 11.5. The average molecular weight is 191 g/mol. The summed E-state index contributed by atoms with van der Waals surface area (Å²) in [6.07, 6.45) is 9.39. The predicted octanol–water partition coefficient (Wildman–Crippen LogP) is 2.90. The molecule has 0 aliphatic carbocycles. The van der Waals surface area contributed by atoms with Crippen molar-refractivity contribution in [1.29, 1.82) is 0 Å². The molecule has 0 aromatic heterocycles. The molecule has 0 unspecified atom stereocenters. The summed E-state index contributed by atoms with van der Waals surface area (Å²) < 4.78 is 0. The van der Waals surface area contributed by atoms with E-state index in [0.717, 1.165) is 25.8 Å². The van der Waals surface area contributed by atoms with Gasteiger partial charge in [-0.25, -0.2) is 0 Å². The first-order valence-electron chi connectivity index (χ1n) is 5.31. The summed E-state index contributed by atoms with van der Waals surface area (Å²) in [6.45, 7) is 5.22. The summed E-state index contributed by atoms with van der Waals surface area (Å²) in [6, 6.07) is 0. The maximum atomic E-state index is 3.16.